The van der Waals surface area contributed by atoms with Crippen LogP contribution in [0.1, 0.15) is 66.6 Å². The first-order valence-corrected chi connectivity index (χ1v) is 13.4. The van der Waals surface area contributed by atoms with E-state index < -0.39 is 0 Å². The number of nitrogens with one attached hydrogen (secondary N) is 1. The molecule has 39 heavy (non-hydrogen) atoms. The molecule has 0 atom stereocenters. The molecule has 206 valence electrons. The molecule has 0 radical (unpaired) electrons. The molecule has 0 aliphatic carbocycles. The molecule has 4 aromatic rings. The zero-order valence-electron chi connectivity index (χ0n) is 22.9. The molecule has 2 aromatic carbocycles. The van der Waals surface area contributed by atoms with E-state index in [0.717, 1.165) is 22.4 Å². The number of amides is 1. The molecule has 0 aliphatic heterocycles. The molecule has 1 amide bonds. The Morgan fingerprint density at radius 2 is 1.79 bits per heavy atom. The van der Waals surface area contributed by atoms with E-state index >= 15 is 0 Å². The third kappa shape index (κ3) is 7.15. The molecule has 4 rings (SSSR count). The number of rotatable bonds is 12. The summed E-state index contributed by atoms with van der Waals surface area (Å²) in [5.74, 6) is 2.76. The number of nitrogens with zero attached hydrogens (tertiary/aromatic N) is 2. The molecule has 0 fully saturated rings. The highest BCUT2D eigenvalue weighted by molar-refractivity contribution is 6.31. The zero-order valence-corrected chi connectivity index (χ0v) is 23.7. The number of halogens is 1. The number of hydrogen-bond donors (Lipinski definition) is 1. The Bertz CT molecular complexity index is 1430. The highest BCUT2D eigenvalue weighted by Crippen LogP contribution is 2.33. The number of aromatic nitrogens is 2. The molecule has 0 saturated heterocycles. The number of carbonyl (C=O) groups excluding carboxylic acids is 1. The number of furan rings is 1. The number of carbonyl (C=O) groups is 1. The molecule has 0 unspecified atom stereocenters. The quantitative estimate of drug-likeness (QED) is 0.200. The van der Waals surface area contributed by atoms with Gasteiger partial charge >= 0.3 is 0 Å². The van der Waals surface area contributed by atoms with Gasteiger partial charge in [0.2, 0.25) is 0 Å². The van der Waals surface area contributed by atoms with Gasteiger partial charge in [-0.15, -0.1) is 0 Å². The van der Waals surface area contributed by atoms with Crippen LogP contribution < -0.4 is 19.5 Å². The second-order valence-electron chi connectivity index (χ2n) is 9.38. The Morgan fingerprint density at radius 1 is 1.03 bits per heavy atom. The van der Waals surface area contributed by atoms with E-state index in [2.05, 4.69) is 24.3 Å². The fraction of sp³-hybridized carbons (Fsp3) is 0.333. The van der Waals surface area contributed by atoms with Crippen LogP contribution in [-0.2, 0) is 13.2 Å². The zero-order chi connectivity index (χ0) is 27.9. The minimum atomic E-state index is -0.370. The minimum Gasteiger partial charge on any atom is -0.490 e. The lowest BCUT2D eigenvalue weighted by molar-refractivity contribution is 0.0992. The molecular formula is C30H34ClN3O5. The average molecular weight is 552 g/mol. The summed E-state index contributed by atoms with van der Waals surface area (Å²) in [7, 11) is 0. The van der Waals surface area contributed by atoms with Gasteiger partial charge in [0.05, 0.1) is 31.6 Å². The Morgan fingerprint density at radius 3 is 2.54 bits per heavy atom. The molecule has 0 saturated carbocycles. The first-order chi connectivity index (χ1) is 18.8. The van der Waals surface area contributed by atoms with Gasteiger partial charge in [0, 0.05) is 11.2 Å². The summed E-state index contributed by atoms with van der Waals surface area (Å²) in [4.78, 5) is 12.8. The highest BCUT2D eigenvalue weighted by atomic mass is 35.5. The normalized spacial score (nSPS) is 11.1. The number of aryl methyl sites for hydroxylation is 1. The van der Waals surface area contributed by atoms with Crippen molar-refractivity contribution in [2.45, 2.75) is 53.7 Å². The number of anilines is 1. The lowest BCUT2D eigenvalue weighted by Gasteiger charge is -2.15. The maximum absolute atomic E-state index is 12.8. The van der Waals surface area contributed by atoms with Crippen LogP contribution in [0.5, 0.6) is 17.2 Å². The molecule has 0 aliphatic rings. The minimum absolute atomic E-state index is 0.186. The molecule has 0 bridgehead atoms. The van der Waals surface area contributed by atoms with Gasteiger partial charge in [0.25, 0.3) is 5.91 Å². The highest BCUT2D eigenvalue weighted by Gasteiger charge is 2.15. The fourth-order valence-corrected chi connectivity index (χ4v) is 4.23. The van der Waals surface area contributed by atoms with Gasteiger partial charge in [-0.05, 0) is 79.8 Å². The third-order valence-corrected chi connectivity index (χ3v) is 6.42. The Kier molecular flexibility index (Phi) is 9.19. The third-order valence-electron chi connectivity index (χ3n) is 6.01. The SMILES string of the molecule is CCOc1ccc(Cn2cc(NC(=O)c3ccc(COc4cc(C)c(Cl)cc4C(C)C)o3)cn2)cc1OCC. The van der Waals surface area contributed by atoms with Crippen molar-refractivity contribution in [3.63, 3.8) is 0 Å². The van der Waals surface area contributed by atoms with Crippen molar-refractivity contribution in [2.75, 3.05) is 18.5 Å². The monoisotopic (exact) mass is 551 g/mol. The summed E-state index contributed by atoms with van der Waals surface area (Å²) in [6, 6.07) is 13.0. The largest absolute Gasteiger partial charge is 0.490 e. The Labute approximate surface area is 233 Å². The Hall–Kier alpha value is -3.91. The lowest BCUT2D eigenvalue weighted by Crippen LogP contribution is -2.10. The molecule has 8 nitrogen and oxygen atoms in total. The average Bonchev–Trinajstić information content (AvgIpc) is 3.56. The van der Waals surface area contributed by atoms with Crippen LogP contribution in [-0.4, -0.2) is 28.9 Å². The van der Waals surface area contributed by atoms with Crippen LogP contribution in [0.2, 0.25) is 5.02 Å². The summed E-state index contributed by atoms with van der Waals surface area (Å²) in [6.07, 6.45) is 3.36. The van der Waals surface area contributed by atoms with Crippen molar-refractivity contribution in [1.29, 1.82) is 0 Å². The predicted octanol–water partition coefficient (Wildman–Crippen LogP) is 7.24. The molecule has 1 N–H and O–H groups in total. The topological polar surface area (TPSA) is 87.8 Å². The van der Waals surface area contributed by atoms with Gasteiger partial charge in [0.1, 0.15) is 18.1 Å². The van der Waals surface area contributed by atoms with Crippen molar-refractivity contribution in [3.05, 3.63) is 88.1 Å². The van der Waals surface area contributed by atoms with E-state index in [9.17, 15) is 4.79 Å². The first kappa shape index (κ1) is 28.1. The van der Waals surface area contributed by atoms with E-state index in [0.29, 0.717) is 47.7 Å². The van der Waals surface area contributed by atoms with Crippen molar-refractivity contribution < 1.29 is 23.4 Å². The van der Waals surface area contributed by atoms with E-state index in [4.69, 9.17) is 30.2 Å². The van der Waals surface area contributed by atoms with Crippen LogP contribution in [0.4, 0.5) is 5.69 Å². The van der Waals surface area contributed by atoms with Crippen molar-refractivity contribution in [3.8, 4) is 17.2 Å². The van der Waals surface area contributed by atoms with Crippen LogP contribution in [0, 0.1) is 6.92 Å². The van der Waals surface area contributed by atoms with Gasteiger partial charge in [-0.3, -0.25) is 9.48 Å². The summed E-state index contributed by atoms with van der Waals surface area (Å²) in [5.41, 5.74) is 3.51. The van der Waals surface area contributed by atoms with Crippen LogP contribution >= 0.6 is 11.6 Å². The first-order valence-electron chi connectivity index (χ1n) is 13.0. The smallest absolute Gasteiger partial charge is 0.291 e. The maximum atomic E-state index is 12.8. The second-order valence-corrected chi connectivity index (χ2v) is 9.78. The molecular weight excluding hydrogens is 518 g/mol. The summed E-state index contributed by atoms with van der Waals surface area (Å²) in [6.45, 7) is 11.8. The van der Waals surface area contributed by atoms with Gasteiger partial charge in [-0.25, -0.2) is 0 Å². The van der Waals surface area contributed by atoms with Crippen LogP contribution in [0.15, 0.2) is 59.3 Å². The van der Waals surface area contributed by atoms with Crippen molar-refractivity contribution >= 4 is 23.2 Å². The maximum Gasteiger partial charge on any atom is 0.291 e. The van der Waals surface area contributed by atoms with Gasteiger partial charge in [-0.1, -0.05) is 31.5 Å². The summed E-state index contributed by atoms with van der Waals surface area (Å²) >= 11 is 6.29. The molecule has 2 heterocycles. The molecule has 9 heteroatoms. The molecule has 0 spiro atoms. The van der Waals surface area contributed by atoms with E-state index in [1.165, 1.54) is 0 Å². The molecule has 2 aromatic heterocycles. The van der Waals surface area contributed by atoms with E-state index in [1.54, 1.807) is 29.2 Å². The number of ether oxygens (including phenoxy) is 3. The summed E-state index contributed by atoms with van der Waals surface area (Å²) < 4.78 is 24.8. The van der Waals surface area contributed by atoms with Crippen molar-refractivity contribution in [2.24, 2.45) is 0 Å². The van der Waals surface area contributed by atoms with Gasteiger partial charge in [-0.2, -0.15) is 5.10 Å². The van der Waals surface area contributed by atoms with Crippen LogP contribution in [0.3, 0.4) is 0 Å². The van der Waals surface area contributed by atoms with Gasteiger partial charge in [0.15, 0.2) is 17.3 Å². The van der Waals surface area contributed by atoms with Gasteiger partial charge < -0.3 is 23.9 Å². The van der Waals surface area contributed by atoms with Crippen molar-refractivity contribution in [1.82, 2.24) is 9.78 Å². The Balaban J connectivity index is 1.36. The second kappa shape index (κ2) is 12.8. The van der Waals surface area contributed by atoms with Crippen LogP contribution in [0.25, 0.3) is 0 Å². The van der Waals surface area contributed by atoms with E-state index in [1.807, 2.05) is 51.1 Å². The number of hydrogen-bond acceptors (Lipinski definition) is 6. The predicted molar refractivity (Wildman–Crippen MR) is 151 cm³/mol. The number of benzene rings is 2. The fourth-order valence-electron chi connectivity index (χ4n) is 4.06. The van der Waals surface area contributed by atoms with E-state index in [-0.39, 0.29) is 24.2 Å². The standard InChI is InChI=1S/C30H34ClN3O5/c1-6-36-26-10-8-21(13-29(26)37-7-2)16-34-17-22(15-32-34)33-30(35)27-11-9-23(39-27)18-38-28-12-20(5)25(31)14-24(28)19(3)4/h8-15,17,19H,6-7,16,18H2,1-5H3,(H,33,35). The lowest BCUT2D eigenvalue weighted by atomic mass is 10.0. The summed E-state index contributed by atoms with van der Waals surface area (Å²) in [5, 5.41) is 7.91.